The van der Waals surface area contributed by atoms with E-state index in [1.54, 1.807) is 10.7 Å². The fourth-order valence-corrected chi connectivity index (χ4v) is 0.190. The van der Waals surface area contributed by atoms with E-state index in [1.807, 2.05) is 0 Å². The summed E-state index contributed by atoms with van der Waals surface area (Å²) in [5.74, 6) is 0. The molecule has 0 aromatic rings. The summed E-state index contributed by atoms with van der Waals surface area (Å²) in [6, 6.07) is 0. The van der Waals surface area contributed by atoms with Crippen LogP contribution in [0.5, 0.6) is 0 Å². The molecule has 0 heterocycles. The Morgan fingerprint density at radius 3 is 1.33 bits per heavy atom. The Labute approximate surface area is 165 Å². The van der Waals surface area contributed by atoms with Gasteiger partial charge in [-0.25, -0.2) is 8.57 Å². The van der Waals surface area contributed by atoms with E-state index in [-0.39, 0.29) is 124 Å². The Bertz CT molecular complexity index is 121. The van der Waals surface area contributed by atoms with Crippen molar-refractivity contribution in [2.75, 3.05) is 0 Å². The van der Waals surface area contributed by atoms with Crippen molar-refractivity contribution in [2.45, 2.75) is 0 Å². The number of hydrogen-bond acceptors (Lipinski definition) is 7. The molecule has 0 atom stereocenters. The molecule has 0 saturated heterocycles. The Balaban J connectivity index is -0.00000000875. The quantitative estimate of drug-likeness (QED) is 0.274. The minimum absolute atomic E-state index is 0. The van der Waals surface area contributed by atoms with Crippen LogP contribution in [0, 0.1) is 9.81 Å². The van der Waals surface area contributed by atoms with Gasteiger partial charge < -0.3 is 5.71 Å². The van der Waals surface area contributed by atoms with Gasteiger partial charge in [-0.15, -0.1) is 9.81 Å². The maximum absolute atomic E-state index is 9.72. The van der Waals surface area contributed by atoms with Crippen LogP contribution in [-0.2, 0) is 19.9 Å². The Morgan fingerprint density at radius 1 is 0.917 bits per heavy atom. The molecule has 0 aromatic heterocycles. The molecule has 0 N–H and O–H groups in total. The van der Waals surface area contributed by atoms with Crippen LogP contribution in [0.2, 0.25) is 0 Å². The van der Waals surface area contributed by atoms with Gasteiger partial charge in [-0.1, -0.05) is 0 Å². The molecule has 0 fully saturated rings. The second-order valence-electron chi connectivity index (χ2n) is 0.502. The molecule has 12 heteroatoms. The molecule has 0 aliphatic carbocycles. The Kier molecular flexibility index (Phi) is 57.9. The van der Waals surface area contributed by atoms with E-state index in [1.165, 1.54) is 0 Å². The van der Waals surface area contributed by atoms with Crippen molar-refractivity contribution in [3.8, 4) is 0 Å². The zero-order valence-corrected chi connectivity index (χ0v) is 16.2. The van der Waals surface area contributed by atoms with Crippen molar-refractivity contribution in [1.29, 1.82) is 0 Å². The molecule has 0 aromatic carbocycles. The molecule has 0 bridgehead atoms. The van der Waals surface area contributed by atoms with Gasteiger partial charge in [0, 0.05) is 0 Å². The molecular formula is H4N2Na4O5S. The molecule has 0 unspecified atom stereocenters. The average molecular weight is 236 g/mol. The molecule has 0 aliphatic rings. The second-order valence-corrected chi connectivity index (χ2v) is 1.21. The van der Waals surface area contributed by atoms with Gasteiger partial charge >= 0.3 is 130 Å². The van der Waals surface area contributed by atoms with Crippen molar-refractivity contribution < 1.29 is 137 Å². The van der Waals surface area contributed by atoms with Crippen molar-refractivity contribution in [3.63, 3.8) is 0 Å². The molecule has 0 saturated carbocycles. The molecule has 7 nitrogen and oxygen atoms in total. The van der Waals surface area contributed by atoms with Gasteiger partial charge in [0.05, 0.1) is 0 Å². The molecular weight excluding hydrogens is 232 g/mol. The second kappa shape index (κ2) is 23.6. The summed E-state index contributed by atoms with van der Waals surface area (Å²) in [6.45, 7) is 0. The van der Waals surface area contributed by atoms with Crippen LogP contribution < -0.4 is 118 Å². The average Bonchev–Trinajstić information content (AvgIpc) is 1.68. The summed E-state index contributed by atoms with van der Waals surface area (Å²) in [7, 11) is 0. The largest absolute Gasteiger partial charge is 1.00 e. The zero-order chi connectivity index (χ0) is 6.41. The van der Waals surface area contributed by atoms with Gasteiger partial charge in [0.2, 0.25) is 0 Å². The van der Waals surface area contributed by atoms with Crippen molar-refractivity contribution in [3.05, 3.63) is 9.81 Å². The van der Waals surface area contributed by atoms with Crippen molar-refractivity contribution in [2.24, 2.45) is 10.7 Å². The van der Waals surface area contributed by atoms with Gasteiger partial charge in [-0.2, -0.15) is 4.21 Å². The van der Waals surface area contributed by atoms with Crippen LogP contribution >= 0.6 is 0 Å². The summed E-state index contributed by atoms with van der Waals surface area (Å²) in [5.41, 5.74) is 0. The summed E-state index contributed by atoms with van der Waals surface area (Å²) in [4.78, 5) is 18.0. The van der Waals surface area contributed by atoms with Crippen LogP contribution in [0.3, 0.4) is 0 Å². The number of rotatable bonds is 4. The van der Waals surface area contributed by atoms with Crippen LogP contribution in [0.4, 0.5) is 0 Å². The molecule has 0 rings (SSSR count). The minimum atomic E-state index is -2.48. The third-order valence-electron chi connectivity index (χ3n) is 0.183. The molecule has 0 amide bonds. The van der Waals surface area contributed by atoms with Gasteiger partial charge in [0.1, 0.15) is 0 Å². The van der Waals surface area contributed by atoms with Crippen LogP contribution in [0.25, 0.3) is 0 Å². The van der Waals surface area contributed by atoms with Gasteiger partial charge in [0.15, 0.2) is 10.7 Å². The third kappa shape index (κ3) is 23.1. The van der Waals surface area contributed by atoms with E-state index in [0.717, 1.165) is 0 Å². The van der Waals surface area contributed by atoms with Crippen molar-refractivity contribution >= 4 is 11.4 Å². The summed E-state index contributed by atoms with van der Waals surface area (Å²) < 4.78 is 16.3. The van der Waals surface area contributed by atoms with Gasteiger partial charge in [-0.3, -0.25) is 0 Å². The SMILES string of the molecule is O=NOS(=O)ON=O.[H-].[H-].[H-].[H-].[Na+].[Na+].[Na+].[Na+]. The third-order valence-corrected chi connectivity index (χ3v) is 0.548. The van der Waals surface area contributed by atoms with Gasteiger partial charge in [0.25, 0.3) is 0 Å². The summed E-state index contributed by atoms with van der Waals surface area (Å²) in [6.07, 6.45) is 0. The fourth-order valence-electron chi connectivity index (χ4n) is 0.0633. The fraction of sp³-hybridized carbons (Fsp3) is 0. The molecule has 0 spiro atoms. The predicted molar refractivity (Wildman–Crippen MR) is 26.4 cm³/mol. The van der Waals surface area contributed by atoms with E-state index in [9.17, 15) is 4.21 Å². The van der Waals surface area contributed by atoms with E-state index < -0.39 is 11.4 Å². The monoisotopic (exact) mass is 236 g/mol. The first-order chi connectivity index (χ1) is 3.81. The topological polar surface area (TPSA) is 94.4 Å². The summed E-state index contributed by atoms with van der Waals surface area (Å²) >= 11 is -2.48. The van der Waals surface area contributed by atoms with E-state index in [2.05, 4.69) is 8.57 Å². The Hall–Kier alpha value is 2.95. The first-order valence-electron chi connectivity index (χ1n) is 1.23. The van der Waals surface area contributed by atoms with Crippen LogP contribution in [0.1, 0.15) is 5.71 Å². The minimum Gasteiger partial charge on any atom is -1.00 e. The van der Waals surface area contributed by atoms with E-state index in [4.69, 9.17) is 9.81 Å². The molecule has 12 heavy (non-hydrogen) atoms. The van der Waals surface area contributed by atoms with Gasteiger partial charge in [-0.05, 0) is 0 Å². The molecule has 0 aliphatic heterocycles. The van der Waals surface area contributed by atoms with E-state index >= 15 is 0 Å². The normalized spacial score (nSPS) is 5.42. The molecule has 0 radical (unpaired) electrons. The number of nitrogens with zero attached hydrogens (tertiary/aromatic N) is 2. The van der Waals surface area contributed by atoms with Crippen molar-refractivity contribution in [1.82, 2.24) is 0 Å². The Morgan fingerprint density at radius 2 is 1.17 bits per heavy atom. The van der Waals surface area contributed by atoms with Crippen LogP contribution in [-0.4, -0.2) is 4.21 Å². The standard InChI is InChI=1S/N2O5S.4Na.4H/c3-1-6-8(5)7-2-4;;;;;;;;/q;4*+1;4*-1. The maximum atomic E-state index is 9.72. The van der Waals surface area contributed by atoms with E-state index in [0.29, 0.717) is 0 Å². The van der Waals surface area contributed by atoms with Crippen LogP contribution in [0.15, 0.2) is 10.7 Å². The summed E-state index contributed by atoms with van der Waals surface area (Å²) in [5, 5.41) is 3.36. The first-order valence-corrected chi connectivity index (χ1v) is 2.23. The maximum Gasteiger partial charge on any atom is 1.00 e. The number of hydrogen-bond donors (Lipinski definition) is 0. The smallest absolute Gasteiger partial charge is 1.00 e. The predicted octanol–water partition coefficient (Wildman–Crippen LogP) is -11.6. The molecule has 54 valence electrons. The first kappa shape index (κ1) is 29.4. The zero-order valence-electron chi connectivity index (χ0n) is 11.3.